The summed E-state index contributed by atoms with van der Waals surface area (Å²) >= 11 is 0. The fourth-order valence-electron chi connectivity index (χ4n) is 3.30. The Hall–Kier alpha value is -1.87. The van der Waals surface area contributed by atoms with Crippen LogP contribution in [0.2, 0.25) is 0 Å². The fourth-order valence-corrected chi connectivity index (χ4v) is 3.30. The number of likely N-dealkylation sites (tertiary alicyclic amines) is 1. The van der Waals surface area contributed by atoms with Crippen LogP contribution in [0.5, 0.6) is 5.75 Å². The van der Waals surface area contributed by atoms with Gasteiger partial charge in [-0.3, -0.25) is 0 Å². The first-order chi connectivity index (χ1) is 11.8. The Kier molecular flexibility index (Phi) is 6.25. The van der Waals surface area contributed by atoms with Gasteiger partial charge in [0.1, 0.15) is 11.6 Å². The topological polar surface area (TPSA) is 12.5 Å². The lowest BCUT2D eigenvalue weighted by Gasteiger charge is -2.32. The minimum absolute atomic E-state index is 0.217. The predicted molar refractivity (Wildman–Crippen MR) is 95.8 cm³/mol. The van der Waals surface area contributed by atoms with Crippen molar-refractivity contribution in [2.45, 2.75) is 25.7 Å². The van der Waals surface area contributed by atoms with Crippen molar-refractivity contribution in [1.29, 1.82) is 0 Å². The van der Waals surface area contributed by atoms with E-state index in [0.29, 0.717) is 0 Å². The first-order valence-corrected chi connectivity index (χ1v) is 8.94. The monoisotopic (exact) mass is 327 g/mol. The van der Waals surface area contributed by atoms with Crippen molar-refractivity contribution in [2.24, 2.45) is 5.92 Å². The van der Waals surface area contributed by atoms with Gasteiger partial charge in [0, 0.05) is 6.54 Å². The van der Waals surface area contributed by atoms with Crippen LogP contribution in [-0.4, -0.2) is 31.1 Å². The van der Waals surface area contributed by atoms with E-state index in [-0.39, 0.29) is 5.82 Å². The second-order valence-corrected chi connectivity index (χ2v) is 6.61. The first-order valence-electron chi connectivity index (χ1n) is 8.94. The van der Waals surface area contributed by atoms with E-state index >= 15 is 0 Å². The number of hydrogen-bond donors (Lipinski definition) is 0. The zero-order valence-electron chi connectivity index (χ0n) is 14.2. The van der Waals surface area contributed by atoms with Gasteiger partial charge < -0.3 is 9.64 Å². The maximum atomic E-state index is 12.8. The van der Waals surface area contributed by atoms with E-state index in [0.717, 1.165) is 37.7 Å². The Morgan fingerprint density at radius 1 is 0.958 bits per heavy atom. The van der Waals surface area contributed by atoms with Crippen molar-refractivity contribution in [1.82, 2.24) is 4.90 Å². The molecular formula is C21H26FNO. The zero-order valence-corrected chi connectivity index (χ0v) is 14.2. The number of halogens is 1. The maximum Gasteiger partial charge on any atom is 0.123 e. The number of hydrogen-bond acceptors (Lipinski definition) is 2. The molecule has 0 spiro atoms. The first kappa shape index (κ1) is 17.0. The molecular weight excluding hydrogens is 301 g/mol. The Labute approximate surface area is 144 Å². The standard InChI is InChI=1S/C21H26FNO/c22-20-6-8-21(9-7-20)24-17-13-19-11-15-23(16-12-19)14-10-18-4-2-1-3-5-18/h1-9,19H,10-17H2. The minimum Gasteiger partial charge on any atom is -0.494 e. The Morgan fingerprint density at radius 2 is 1.67 bits per heavy atom. The van der Waals surface area contributed by atoms with Crippen molar-refractivity contribution in [2.75, 3.05) is 26.2 Å². The van der Waals surface area contributed by atoms with Crippen molar-refractivity contribution in [3.63, 3.8) is 0 Å². The van der Waals surface area contributed by atoms with Gasteiger partial charge in [-0.2, -0.15) is 0 Å². The summed E-state index contributed by atoms with van der Waals surface area (Å²) in [6.45, 7) is 4.26. The summed E-state index contributed by atoms with van der Waals surface area (Å²) in [7, 11) is 0. The summed E-state index contributed by atoms with van der Waals surface area (Å²) in [6, 6.07) is 17.0. The Morgan fingerprint density at radius 3 is 2.38 bits per heavy atom. The SMILES string of the molecule is Fc1ccc(OCCC2CCN(CCc3ccccc3)CC2)cc1. The van der Waals surface area contributed by atoms with Gasteiger partial charge >= 0.3 is 0 Å². The van der Waals surface area contributed by atoms with Crippen molar-refractivity contribution in [3.8, 4) is 5.75 Å². The minimum atomic E-state index is -0.217. The summed E-state index contributed by atoms with van der Waals surface area (Å²) in [4.78, 5) is 2.57. The van der Waals surface area contributed by atoms with Crippen LogP contribution in [0.15, 0.2) is 54.6 Å². The van der Waals surface area contributed by atoms with Crippen LogP contribution in [0.3, 0.4) is 0 Å². The third kappa shape index (κ3) is 5.34. The largest absolute Gasteiger partial charge is 0.494 e. The third-order valence-electron chi connectivity index (χ3n) is 4.88. The normalized spacial score (nSPS) is 16.2. The molecule has 24 heavy (non-hydrogen) atoms. The fraction of sp³-hybridized carbons (Fsp3) is 0.429. The van der Waals surface area contributed by atoms with E-state index in [1.807, 2.05) is 0 Å². The van der Waals surface area contributed by atoms with E-state index in [1.54, 1.807) is 12.1 Å². The highest BCUT2D eigenvalue weighted by molar-refractivity contribution is 5.22. The third-order valence-corrected chi connectivity index (χ3v) is 4.88. The van der Waals surface area contributed by atoms with E-state index in [1.165, 1.54) is 43.6 Å². The number of nitrogens with zero attached hydrogens (tertiary/aromatic N) is 1. The van der Waals surface area contributed by atoms with Crippen LogP contribution in [-0.2, 0) is 6.42 Å². The smallest absolute Gasteiger partial charge is 0.123 e. The number of benzene rings is 2. The molecule has 0 N–H and O–H groups in total. The highest BCUT2D eigenvalue weighted by atomic mass is 19.1. The molecule has 0 aromatic heterocycles. The lowest BCUT2D eigenvalue weighted by atomic mass is 9.93. The molecule has 0 radical (unpaired) electrons. The molecule has 0 aliphatic carbocycles. The van der Waals surface area contributed by atoms with Crippen LogP contribution in [0, 0.1) is 11.7 Å². The quantitative estimate of drug-likeness (QED) is 0.740. The summed E-state index contributed by atoms with van der Waals surface area (Å²) in [5.74, 6) is 1.29. The molecule has 128 valence electrons. The van der Waals surface area contributed by atoms with Gasteiger partial charge in [-0.1, -0.05) is 30.3 Å². The lowest BCUT2D eigenvalue weighted by molar-refractivity contribution is 0.164. The average Bonchev–Trinajstić information content (AvgIpc) is 2.64. The molecule has 1 saturated heterocycles. The summed E-state index contributed by atoms with van der Waals surface area (Å²) < 4.78 is 18.6. The molecule has 3 heteroatoms. The van der Waals surface area contributed by atoms with E-state index < -0.39 is 0 Å². The second kappa shape index (κ2) is 8.84. The number of rotatable bonds is 7. The predicted octanol–water partition coefficient (Wildman–Crippen LogP) is 4.55. The second-order valence-electron chi connectivity index (χ2n) is 6.61. The van der Waals surface area contributed by atoms with Crippen LogP contribution >= 0.6 is 0 Å². The lowest BCUT2D eigenvalue weighted by Crippen LogP contribution is -2.35. The van der Waals surface area contributed by atoms with Gasteiger partial charge in [0.15, 0.2) is 0 Å². The van der Waals surface area contributed by atoms with Crippen LogP contribution in [0.4, 0.5) is 4.39 Å². The number of piperidine rings is 1. The van der Waals surface area contributed by atoms with Crippen molar-refractivity contribution in [3.05, 3.63) is 66.0 Å². The van der Waals surface area contributed by atoms with Crippen molar-refractivity contribution >= 4 is 0 Å². The van der Waals surface area contributed by atoms with Crippen LogP contribution in [0.25, 0.3) is 0 Å². The summed E-state index contributed by atoms with van der Waals surface area (Å²) in [5.41, 5.74) is 1.42. The maximum absolute atomic E-state index is 12.8. The van der Waals surface area contributed by atoms with Gasteiger partial charge in [-0.15, -0.1) is 0 Å². The molecule has 1 heterocycles. The van der Waals surface area contributed by atoms with Crippen LogP contribution in [0.1, 0.15) is 24.8 Å². The van der Waals surface area contributed by atoms with Gasteiger partial charge in [0.2, 0.25) is 0 Å². The highest BCUT2D eigenvalue weighted by Crippen LogP contribution is 2.21. The van der Waals surface area contributed by atoms with Crippen molar-refractivity contribution < 1.29 is 9.13 Å². The number of ether oxygens (including phenoxy) is 1. The van der Waals surface area contributed by atoms with Gasteiger partial charge in [-0.05, 0) is 74.5 Å². The molecule has 0 amide bonds. The van der Waals surface area contributed by atoms with E-state index in [2.05, 4.69) is 35.2 Å². The zero-order chi connectivity index (χ0) is 16.6. The molecule has 1 fully saturated rings. The molecule has 0 unspecified atom stereocenters. The molecule has 0 atom stereocenters. The Bertz CT molecular complexity index is 591. The molecule has 2 aromatic rings. The molecule has 1 aliphatic heterocycles. The molecule has 2 nitrogen and oxygen atoms in total. The summed E-state index contributed by atoms with van der Waals surface area (Å²) in [5, 5.41) is 0. The highest BCUT2D eigenvalue weighted by Gasteiger charge is 2.18. The Balaban J connectivity index is 1.31. The molecule has 3 rings (SSSR count). The molecule has 2 aromatic carbocycles. The molecule has 0 saturated carbocycles. The van der Waals surface area contributed by atoms with E-state index in [9.17, 15) is 4.39 Å². The molecule has 1 aliphatic rings. The summed E-state index contributed by atoms with van der Waals surface area (Å²) in [6.07, 6.45) is 4.73. The molecule has 0 bridgehead atoms. The van der Waals surface area contributed by atoms with E-state index in [4.69, 9.17) is 4.74 Å². The van der Waals surface area contributed by atoms with Gasteiger partial charge in [-0.25, -0.2) is 4.39 Å². The van der Waals surface area contributed by atoms with Gasteiger partial charge in [0.25, 0.3) is 0 Å². The van der Waals surface area contributed by atoms with Gasteiger partial charge in [0.05, 0.1) is 6.61 Å². The average molecular weight is 327 g/mol. The van der Waals surface area contributed by atoms with Crippen LogP contribution < -0.4 is 4.74 Å².